The molecule has 1 aliphatic rings. The van der Waals surface area contributed by atoms with E-state index in [4.69, 9.17) is 4.74 Å². The van der Waals surface area contributed by atoms with Gasteiger partial charge in [-0.2, -0.15) is 0 Å². The zero-order chi connectivity index (χ0) is 12.8. The third-order valence-corrected chi connectivity index (χ3v) is 3.15. The molecule has 1 heterocycles. The first-order chi connectivity index (χ1) is 8.81. The van der Waals surface area contributed by atoms with Crippen molar-refractivity contribution in [2.24, 2.45) is 0 Å². The molecule has 1 saturated heterocycles. The average Bonchev–Trinajstić information content (AvgIpc) is 2.88. The van der Waals surface area contributed by atoms with Crippen LogP contribution in [0.4, 0.5) is 4.79 Å². The van der Waals surface area contributed by atoms with Crippen molar-refractivity contribution in [3.8, 4) is 0 Å². The summed E-state index contributed by atoms with van der Waals surface area (Å²) in [5.74, 6) is 0. The van der Waals surface area contributed by atoms with Crippen molar-refractivity contribution in [3.05, 3.63) is 35.9 Å². The van der Waals surface area contributed by atoms with Gasteiger partial charge >= 0.3 is 6.09 Å². The van der Waals surface area contributed by atoms with E-state index in [1.54, 1.807) is 0 Å². The van der Waals surface area contributed by atoms with Crippen LogP contribution in [0.15, 0.2) is 30.3 Å². The highest BCUT2D eigenvalue weighted by Gasteiger charge is 2.29. The number of aldehydes is 1. The molecule has 1 aromatic carbocycles. The largest absolute Gasteiger partial charge is 0.449 e. The number of benzene rings is 1. The zero-order valence-electron chi connectivity index (χ0n) is 10.2. The van der Waals surface area contributed by atoms with E-state index in [1.807, 2.05) is 30.3 Å². The lowest BCUT2D eigenvalue weighted by molar-refractivity contribution is -0.111. The molecule has 0 N–H and O–H groups in total. The predicted molar refractivity (Wildman–Crippen MR) is 67.3 cm³/mol. The van der Waals surface area contributed by atoms with Crippen molar-refractivity contribution in [1.82, 2.24) is 4.90 Å². The highest BCUT2D eigenvalue weighted by molar-refractivity contribution is 5.74. The van der Waals surface area contributed by atoms with E-state index in [1.165, 1.54) is 4.90 Å². The van der Waals surface area contributed by atoms with Crippen molar-refractivity contribution in [2.45, 2.75) is 25.3 Å². The Labute approximate surface area is 107 Å². The smallest absolute Gasteiger partial charge is 0.410 e. The van der Waals surface area contributed by atoms with Gasteiger partial charge in [-0.05, 0) is 18.4 Å². The number of amides is 1. The minimum Gasteiger partial charge on any atom is -0.449 e. The van der Waals surface area contributed by atoms with Crippen molar-refractivity contribution >= 4 is 12.4 Å². The first-order valence-corrected chi connectivity index (χ1v) is 6.24. The van der Waals surface area contributed by atoms with Crippen LogP contribution < -0.4 is 0 Å². The Morgan fingerprint density at radius 1 is 1.39 bits per heavy atom. The van der Waals surface area contributed by atoms with E-state index in [9.17, 15) is 9.59 Å². The van der Waals surface area contributed by atoms with Crippen LogP contribution in [0.25, 0.3) is 0 Å². The first-order valence-electron chi connectivity index (χ1n) is 6.24. The van der Waals surface area contributed by atoms with E-state index < -0.39 is 0 Å². The summed E-state index contributed by atoms with van der Waals surface area (Å²) >= 11 is 0. The molecule has 0 aliphatic carbocycles. The summed E-state index contributed by atoms with van der Waals surface area (Å²) in [4.78, 5) is 24.0. The topological polar surface area (TPSA) is 46.6 Å². The molecule has 0 radical (unpaired) electrons. The van der Waals surface area contributed by atoms with Crippen molar-refractivity contribution in [2.75, 3.05) is 13.2 Å². The van der Waals surface area contributed by atoms with E-state index in [-0.39, 0.29) is 12.1 Å². The molecule has 96 valence electrons. The van der Waals surface area contributed by atoms with E-state index in [0.717, 1.165) is 24.7 Å². The molecule has 0 saturated carbocycles. The number of carbonyl (C=O) groups excluding carboxylic acids is 2. The Kier molecular flexibility index (Phi) is 4.34. The van der Waals surface area contributed by atoms with E-state index in [0.29, 0.717) is 19.6 Å². The lowest BCUT2D eigenvalue weighted by Gasteiger charge is -2.19. The second-order valence-electron chi connectivity index (χ2n) is 4.39. The Morgan fingerprint density at radius 2 is 2.17 bits per heavy atom. The molecule has 1 fully saturated rings. The second kappa shape index (κ2) is 6.19. The van der Waals surface area contributed by atoms with Gasteiger partial charge in [0.15, 0.2) is 0 Å². The van der Waals surface area contributed by atoms with Gasteiger partial charge in [-0.1, -0.05) is 30.3 Å². The van der Waals surface area contributed by atoms with E-state index in [2.05, 4.69) is 0 Å². The van der Waals surface area contributed by atoms with Gasteiger partial charge in [-0.25, -0.2) is 4.79 Å². The minimum atomic E-state index is -0.375. The van der Waals surface area contributed by atoms with Crippen LogP contribution in [0.3, 0.4) is 0 Å². The molecule has 1 aromatic rings. The van der Waals surface area contributed by atoms with Crippen molar-refractivity contribution in [1.29, 1.82) is 0 Å². The number of carbonyl (C=O) groups is 2. The Morgan fingerprint density at radius 3 is 2.89 bits per heavy atom. The SMILES string of the molecule is O=CC1CCCN1C(=O)OCCc1ccccc1. The fourth-order valence-electron chi connectivity index (χ4n) is 2.14. The first kappa shape index (κ1) is 12.6. The summed E-state index contributed by atoms with van der Waals surface area (Å²) in [5.41, 5.74) is 1.14. The van der Waals surface area contributed by atoms with Crippen molar-refractivity contribution in [3.63, 3.8) is 0 Å². The van der Waals surface area contributed by atoms with Gasteiger partial charge in [0, 0.05) is 13.0 Å². The summed E-state index contributed by atoms with van der Waals surface area (Å²) in [5, 5.41) is 0. The molecule has 18 heavy (non-hydrogen) atoms. The maximum atomic E-state index is 11.7. The number of hydrogen-bond donors (Lipinski definition) is 0. The Bertz CT molecular complexity index is 405. The van der Waals surface area contributed by atoms with Gasteiger partial charge in [-0.15, -0.1) is 0 Å². The third-order valence-electron chi connectivity index (χ3n) is 3.15. The molecular formula is C14H17NO3. The maximum Gasteiger partial charge on any atom is 0.410 e. The summed E-state index contributed by atoms with van der Waals surface area (Å²) in [6.07, 6.45) is 2.77. The summed E-state index contributed by atoms with van der Waals surface area (Å²) < 4.78 is 5.19. The molecule has 1 atom stereocenters. The van der Waals surface area contributed by atoms with E-state index >= 15 is 0 Å². The van der Waals surface area contributed by atoms with Crippen LogP contribution in [0, 0.1) is 0 Å². The molecule has 4 heteroatoms. The number of hydrogen-bond acceptors (Lipinski definition) is 3. The zero-order valence-corrected chi connectivity index (χ0v) is 10.2. The van der Waals surface area contributed by atoms with Gasteiger partial charge in [0.05, 0.1) is 12.6 Å². The predicted octanol–water partition coefficient (Wildman–Crippen LogP) is 2.03. The van der Waals surface area contributed by atoms with Gasteiger partial charge in [0.25, 0.3) is 0 Å². The van der Waals surface area contributed by atoms with Gasteiger partial charge < -0.3 is 9.53 Å². The molecule has 0 bridgehead atoms. The van der Waals surface area contributed by atoms with Crippen LogP contribution in [0.5, 0.6) is 0 Å². The molecule has 0 aromatic heterocycles. The van der Waals surface area contributed by atoms with Crippen molar-refractivity contribution < 1.29 is 14.3 Å². The minimum absolute atomic E-state index is 0.297. The van der Waals surface area contributed by atoms with Crippen LogP contribution in [0.1, 0.15) is 18.4 Å². The molecule has 4 nitrogen and oxygen atoms in total. The Hall–Kier alpha value is -1.84. The van der Waals surface area contributed by atoms with Gasteiger partial charge in [0.2, 0.25) is 0 Å². The van der Waals surface area contributed by atoms with Crippen LogP contribution in [0.2, 0.25) is 0 Å². The summed E-state index contributed by atoms with van der Waals surface area (Å²) in [7, 11) is 0. The van der Waals surface area contributed by atoms with Crippen LogP contribution in [-0.2, 0) is 16.0 Å². The molecular weight excluding hydrogens is 230 g/mol. The molecule has 1 unspecified atom stereocenters. The highest BCUT2D eigenvalue weighted by atomic mass is 16.6. The fourth-order valence-corrected chi connectivity index (χ4v) is 2.14. The second-order valence-corrected chi connectivity index (χ2v) is 4.39. The van der Waals surface area contributed by atoms with Crippen LogP contribution in [-0.4, -0.2) is 36.5 Å². The Balaban J connectivity index is 1.76. The maximum absolute atomic E-state index is 11.7. The third kappa shape index (κ3) is 3.09. The molecule has 1 aliphatic heterocycles. The molecule has 0 spiro atoms. The lowest BCUT2D eigenvalue weighted by Crippen LogP contribution is -2.37. The van der Waals surface area contributed by atoms with Crippen LogP contribution >= 0.6 is 0 Å². The number of nitrogens with zero attached hydrogens (tertiary/aromatic N) is 1. The highest BCUT2D eigenvalue weighted by Crippen LogP contribution is 2.16. The fraction of sp³-hybridized carbons (Fsp3) is 0.429. The number of likely N-dealkylation sites (tertiary alicyclic amines) is 1. The molecule has 1 amide bonds. The molecule has 2 rings (SSSR count). The van der Waals surface area contributed by atoms with Gasteiger partial charge in [0.1, 0.15) is 6.29 Å². The van der Waals surface area contributed by atoms with Gasteiger partial charge in [-0.3, -0.25) is 4.90 Å². The number of ether oxygens (including phenoxy) is 1. The summed E-state index contributed by atoms with van der Waals surface area (Å²) in [6.45, 7) is 0.971. The standard InChI is InChI=1S/C14H17NO3/c16-11-13-7-4-9-15(13)14(17)18-10-8-12-5-2-1-3-6-12/h1-3,5-6,11,13H,4,7-10H2. The monoisotopic (exact) mass is 247 g/mol. The average molecular weight is 247 g/mol. The number of rotatable bonds is 4. The lowest BCUT2D eigenvalue weighted by atomic mass is 10.2. The summed E-state index contributed by atoms with van der Waals surface area (Å²) in [6, 6.07) is 9.57. The normalized spacial score (nSPS) is 18.7. The quantitative estimate of drug-likeness (QED) is 0.765.